The summed E-state index contributed by atoms with van der Waals surface area (Å²) in [5.41, 5.74) is 8.14. The molecule has 3 rings (SSSR count). The lowest BCUT2D eigenvalue weighted by Gasteiger charge is -2.35. The van der Waals surface area contributed by atoms with Gasteiger partial charge in [-0.2, -0.15) is 4.98 Å². The molecule has 0 aliphatic carbocycles. The lowest BCUT2D eigenvalue weighted by molar-refractivity contribution is 0.360. The monoisotopic (exact) mass is 245 g/mol. The third-order valence-corrected chi connectivity index (χ3v) is 3.78. The van der Waals surface area contributed by atoms with Crippen LogP contribution in [0.1, 0.15) is 26.7 Å². The van der Waals surface area contributed by atoms with Gasteiger partial charge in [0.1, 0.15) is 5.52 Å². The van der Waals surface area contributed by atoms with E-state index in [4.69, 9.17) is 10.2 Å². The van der Waals surface area contributed by atoms with E-state index < -0.39 is 0 Å². The van der Waals surface area contributed by atoms with Gasteiger partial charge in [0.05, 0.1) is 0 Å². The number of hydrogen-bond donors (Lipinski definition) is 1. The Balaban J connectivity index is 1.94. The Morgan fingerprint density at radius 2 is 2.22 bits per heavy atom. The van der Waals surface area contributed by atoms with E-state index >= 15 is 0 Å². The molecular formula is C14H19N3O. The summed E-state index contributed by atoms with van der Waals surface area (Å²) in [7, 11) is 0. The smallest absolute Gasteiger partial charge is 0.298 e. The van der Waals surface area contributed by atoms with E-state index in [2.05, 4.69) is 23.7 Å². The minimum Gasteiger partial charge on any atom is -0.423 e. The van der Waals surface area contributed by atoms with Crippen molar-refractivity contribution in [3.63, 3.8) is 0 Å². The third-order valence-electron chi connectivity index (χ3n) is 3.78. The standard InChI is InChI=1S/C14H19N3O/c1-9-5-6-17(10(2)7-9)14-16-12-8-11(15)3-4-13(12)18-14/h3-4,8-10H,5-7,15H2,1-2H3. The normalized spacial score (nSPS) is 24.7. The molecule has 2 N–H and O–H groups in total. The molecule has 1 fully saturated rings. The summed E-state index contributed by atoms with van der Waals surface area (Å²) < 4.78 is 5.83. The molecule has 1 aromatic heterocycles. The van der Waals surface area contributed by atoms with Gasteiger partial charge < -0.3 is 15.1 Å². The predicted molar refractivity (Wildman–Crippen MR) is 73.6 cm³/mol. The van der Waals surface area contributed by atoms with Crippen LogP contribution >= 0.6 is 0 Å². The second-order valence-electron chi connectivity index (χ2n) is 5.40. The molecule has 1 aromatic carbocycles. The van der Waals surface area contributed by atoms with Crippen molar-refractivity contribution in [2.45, 2.75) is 32.7 Å². The highest BCUT2D eigenvalue weighted by atomic mass is 16.4. The van der Waals surface area contributed by atoms with Gasteiger partial charge in [0, 0.05) is 18.3 Å². The zero-order chi connectivity index (χ0) is 12.7. The van der Waals surface area contributed by atoms with Crippen molar-refractivity contribution in [1.82, 2.24) is 4.98 Å². The van der Waals surface area contributed by atoms with E-state index in [1.165, 1.54) is 12.8 Å². The highest BCUT2D eigenvalue weighted by Gasteiger charge is 2.26. The number of nitrogens with zero attached hydrogens (tertiary/aromatic N) is 2. The van der Waals surface area contributed by atoms with Crippen LogP contribution in [0.3, 0.4) is 0 Å². The van der Waals surface area contributed by atoms with E-state index in [0.717, 1.165) is 35.3 Å². The molecular weight excluding hydrogens is 226 g/mol. The van der Waals surface area contributed by atoms with Crippen molar-refractivity contribution in [1.29, 1.82) is 0 Å². The molecule has 0 bridgehead atoms. The first kappa shape index (κ1) is 11.4. The Morgan fingerprint density at radius 1 is 1.39 bits per heavy atom. The van der Waals surface area contributed by atoms with E-state index in [0.29, 0.717) is 6.04 Å². The molecule has 0 amide bonds. The third kappa shape index (κ3) is 1.92. The first-order valence-electron chi connectivity index (χ1n) is 6.56. The molecule has 0 radical (unpaired) electrons. The van der Waals surface area contributed by atoms with Crippen LogP contribution in [-0.4, -0.2) is 17.6 Å². The summed E-state index contributed by atoms with van der Waals surface area (Å²) in [6.07, 6.45) is 2.39. The number of aromatic nitrogens is 1. The predicted octanol–water partition coefficient (Wildman–Crippen LogP) is 3.03. The van der Waals surface area contributed by atoms with Gasteiger partial charge in [0.15, 0.2) is 5.58 Å². The van der Waals surface area contributed by atoms with Crippen LogP contribution in [0.4, 0.5) is 11.7 Å². The van der Waals surface area contributed by atoms with Crippen LogP contribution in [0.25, 0.3) is 11.1 Å². The molecule has 0 saturated carbocycles. The largest absolute Gasteiger partial charge is 0.423 e. The first-order valence-corrected chi connectivity index (χ1v) is 6.56. The quantitative estimate of drug-likeness (QED) is 0.785. The van der Waals surface area contributed by atoms with Crippen molar-refractivity contribution in [2.24, 2.45) is 5.92 Å². The molecule has 1 saturated heterocycles. The van der Waals surface area contributed by atoms with Crippen LogP contribution < -0.4 is 10.6 Å². The van der Waals surface area contributed by atoms with Crippen LogP contribution in [0.2, 0.25) is 0 Å². The van der Waals surface area contributed by atoms with Crippen molar-refractivity contribution in [3.05, 3.63) is 18.2 Å². The van der Waals surface area contributed by atoms with Crippen LogP contribution in [0, 0.1) is 5.92 Å². The Bertz CT molecular complexity index is 563. The van der Waals surface area contributed by atoms with Crippen molar-refractivity contribution < 1.29 is 4.42 Å². The Kier molecular flexibility index (Phi) is 2.65. The topological polar surface area (TPSA) is 55.3 Å². The fraction of sp³-hybridized carbons (Fsp3) is 0.500. The minimum atomic E-state index is 0.485. The molecule has 18 heavy (non-hydrogen) atoms. The van der Waals surface area contributed by atoms with Gasteiger partial charge >= 0.3 is 0 Å². The maximum Gasteiger partial charge on any atom is 0.298 e. The Hall–Kier alpha value is -1.71. The number of nitrogens with two attached hydrogens (primary N) is 1. The molecule has 96 valence electrons. The van der Waals surface area contributed by atoms with Crippen molar-refractivity contribution >= 4 is 22.8 Å². The molecule has 4 nitrogen and oxygen atoms in total. The van der Waals surface area contributed by atoms with E-state index in [-0.39, 0.29) is 0 Å². The van der Waals surface area contributed by atoms with Gasteiger partial charge in [-0.3, -0.25) is 0 Å². The van der Waals surface area contributed by atoms with Crippen molar-refractivity contribution in [2.75, 3.05) is 17.2 Å². The SMILES string of the molecule is CC1CCN(c2nc3cc(N)ccc3o2)C(C)C1. The molecule has 1 aliphatic rings. The van der Waals surface area contributed by atoms with E-state index in [9.17, 15) is 0 Å². The lowest BCUT2D eigenvalue weighted by Crippen LogP contribution is -2.40. The zero-order valence-corrected chi connectivity index (χ0v) is 10.9. The molecule has 1 aliphatic heterocycles. The highest BCUT2D eigenvalue weighted by Crippen LogP contribution is 2.30. The summed E-state index contributed by atoms with van der Waals surface area (Å²) in [5, 5.41) is 0. The number of rotatable bonds is 1. The number of fused-ring (bicyclic) bond motifs is 1. The van der Waals surface area contributed by atoms with Gasteiger partial charge in [0.25, 0.3) is 6.01 Å². The summed E-state index contributed by atoms with van der Waals surface area (Å²) in [6, 6.07) is 6.81. The maximum absolute atomic E-state index is 5.83. The average molecular weight is 245 g/mol. The molecule has 4 heteroatoms. The van der Waals surface area contributed by atoms with Crippen molar-refractivity contribution in [3.8, 4) is 0 Å². The fourth-order valence-corrected chi connectivity index (χ4v) is 2.75. The highest BCUT2D eigenvalue weighted by molar-refractivity contribution is 5.78. The van der Waals surface area contributed by atoms with Gasteiger partial charge in [0.2, 0.25) is 0 Å². The number of anilines is 2. The molecule has 2 aromatic rings. The molecule has 2 heterocycles. The molecule has 2 atom stereocenters. The summed E-state index contributed by atoms with van der Waals surface area (Å²) in [6.45, 7) is 5.56. The van der Waals surface area contributed by atoms with Crippen LogP contribution in [-0.2, 0) is 0 Å². The van der Waals surface area contributed by atoms with Gasteiger partial charge in [-0.25, -0.2) is 0 Å². The summed E-state index contributed by atoms with van der Waals surface area (Å²) >= 11 is 0. The van der Waals surface area contributed by atoms with E-state index in [1.807, 2.05) is 18.2 Å². The minimum absolute atomic E-state index is 0.485. The first-order chi connectivity index (χ1) is 8.63. The second-order valence-corrected chi connectivity index (χ2v) is 5.40. The van der Waals surface area contributed by atoms with Gasteiger partial charge in [-0.15, -0.1) is 0 Å². The van der Waals surface area contributed by atoms with E-state index in [1.54, 1.807) is 0 Å². The van der Waals surface area contributed by atoms with Gasteiger partial charge in [-0.1, -0.05) is 6.92 Å². The zero-order valence-electron chi connectivity index (χ0n) is 10.9. The lowest BCUT2D eigenvalue weighted by atomic mass is 9.94. The molecule has 0 spiro atoms. The fourth-order valence-electron chi connectivity index (χ4n) is 2.75. The Morgan fingerprint density at radius 3 is 3.00 bits per heavy atom. The van der Waals surface area contributed by atoms with Crippen LogP contribution in [0.15, 0.2) is 22.6 Å². The van der Waals surface area contributed by atoms with Crippen LogP contribution in [0.5, 0.6) is 0 Å². The number of benzene rings is 1. The number of nitrogen functional groups attached to an aromatic ring is 1. The number of hydrogen-bond acceptors (Lipinski definition) is 4. The summed E-state index contributed by atoms with van der Waals surface area (Å²) in [4.78, 5) is 6.81. The molecule has 2 unspecified atom stereocenters. The average Bonchev–Trinajstić information content (AvgIpc) is 2.71. The van der Waals surface area contributed by atoms with Gasteiger partial charge in [-0.05, 0) is 43.9 Å². The Labute approximate surface area is 107 Å². The number of oxazole rings is 1. The second kappa shape index (κ2) is 4.19. The maximum atomic E-state index is 5.83. The number of piperidine rings is 1. The summed E-state index contributed by atoms with van der Waals surface area (Å²) in [5.74, 6) is 0.788.